The van der Waals surface area contributed by atoms with Gasteiger partial charge in [0.05, 0.1) is 6.54 Å². The van der Waals surface area contributed by atoms with E-state index >= 15 is 0 Å². The maximum absolute atomic E-state index is 5.76. The molecule has 2 N–H and O–H groups in total. The molecule has 1 aromatic heterocycles. The first-order valence-corrected chi connectivity index (χ1v) is 6.77. The Morgan fingerprint density at radius 3 is 2.94 bits per heavy atom. The standard InChI is InChI=1S/C14H25N3O/c1-11-12(8-15)7-14(18-11)10-17(3)13-5-4-6-16(2)9-13/h7,13H,4-6,8-10,15H2,1-3H3. The molecule has 18 heavy (non-hydrogen) atoms. The first-order valence-electron chi connectivity index (χ1n) is 6.77. The molecule has 4 heteroatoms. The fraction of sp³-hybridized carbons (Fsp3) is 0.714. The average Bonchev–Trinajstić information content (AvgIpc) is 2.69. The molecule has 0 bridgehead atoms. The molecule has 2 heterocycles. The minimum Gasteiger partial charge on any atom is -0.465 e. The summed E-state index contributed by atoms with van der Waals surface area (Å²) in [5.74, 6) is 1.99. The van der Waals surface area contributed by atoms with E-state index in [1.165, 1.54) is 19.4 Å². The van der Waals surface area contributed by atoms with E-state index in [0.717, 1.165) is 30.2 Å². The molecule has 0 aromatic carbocycles. The molecule has 0 amide bonds. The molecule has 1 aromatic rings. The van der Waals surface area contributed by atoms with Gasteiger partial charge in [0, 0.05) is 24.7 Å². The smallest absolute Gasteiger partial charge is 0.118 e. The minimum absolute atomic E-state index is 0.561. The van der Waals surface area contributed by atoms with Crippen molar-refractivity contribution in [2.45, 2.75) is 38.9 Å². The fourth-order valence-electron chi connectivity index (χ4n) is 2.74. The van der Waals surface area contributed by atoms with Gasteiger partial charge in [-0.05, 0) is 46.5 Å². The Balaban J connectivity index is 1.95. The number of rotatable bonds is 4. The SMILES string of the molecule is Cc1oc(CN(C)C2CCCN(C)C2)cc1CN. The normalized spacial score (nSPS) is 21.7. The Labute approximate surface area is 110 Å². The Morgan fingerprint density at radius 1 is 1.56 bits per heavy atom. The van der Waals surface area contributed by atoms with Gasteiger partial charge in [-0.15, -0.1) is 0 Å². The van der Waals surface area contributed by atoms with Crippen molar-refractivity contribution >= 4 is 0 Å². The lowest BCUT2D eigenvalue weighted by molar-refractivity contribution is 0.123. The van der Waals surface area contributed by atoms with E-state index in [2.05, 4.69) is 30.0 Å². The van der Waals surface area contributed by atoms with E-state index in [9.17, 15) is 0 Å². The Kier molecular flexibility index (Phi) is 4.43. The van der Waals surface area contributed by atoms with E-state index in [-0.39, 0.29) is 0 Å². The van der Waals surface area contributed by atoms with Gasteiger partial charge < -0.3 is 15.1 Å². The number of hydrogen-bond acceptors (Lipinski definition) is 4. The van der Waals surface area contributed by atoms with Gasteiger partial charge in [0.2, 0.25) is 0 Å². The van der Waals surface area contributed by atoms with Crippen LogP contribution in [0.2, 0.25) is 0 Å². The Hall–Kier alpha value is -0.840. The number of likely N-dealkylation sites (N-methyl/N-ethyl adjacent to an activating group) is 2. The molecule has 0 spiro atoms. The molecule has 1 atom stereocenters. The molecular weight excluding hydrogens is 226 g/mol. The van der Waals surface area contributed by atoms with Crippen LogP contribution in [0.4, 0.5) is 0 Å². The van der Waals surface area contributed by atoms with Gasteiger partial charge in [0.25, 0.3) is 0 Å². The van der Waals surface area contributed by atoms with E-state index in [4.69, 9.17) is 10.2 Å². The molecule has 0 radical (unpaired) electrons. The first kappa shape index (κ1) is 13.6. The summed E-state index contributed by atoms with van der Waals surface area (Å²) in [4.78, 5) is 4.80. The van der Waals surface area contributed by atoms with Crippen LogP contribution in [0.25, 0.3) is 0 Å². The molecule has 1 aliphatic rings. The summed E-state index contributed by atoms with van der Waals surface area (Å²) in [7, 11) is 4.38. The zero-order valence-corrected chi connectivity index (χ0v) is 11.8. The molecule has 102 valence electrons. The summed E-state index contributed by atoms with van der Waals surface area (Å²) < 4.78 is 5.76. The topological polar surface area (TPSA) is 45.6 Å². The van der Waals surface area contributed by atoms with Gasteiger partial charge in [-0.3, -0.25) is 4.90 Å². The maximum atomic E-state index is 5.76. The van der Waals surface area contributed by atoms with E-state index in [1.54, 1.807) is 0 Å². The monoisotopic (exact) mass is 251 g/mol. The second kappa shape index (κ2) is 5.87. The van der Waals surface area contributed by atoms with Gasteiger partial charge in [-0.1, -0.05) is 0 Å². The van der Waals surface area contributed by atoms with Crippen LogP contribution in [0.15, 0.2) is 10.5 Å². The minimum atomic E-state index is 0.561. The van der Waals surface area contributed by atoms with Crippen molar-refractivity contribution in [2.24, 2.45) is 5.73 Å². The fourth-order valence-corrected chi connectivity index (χ4v) is 2.74. The van der Waals surface area contributed by atoms with Crippen LogP contribution in [0.1, 0.15) is 29.9 Å². The number of furan rings is 1. The zero-order chi connectivity index (χ0) is 13.1. The van der Waals surface area contributed by atoms with Gasteiger partial charge in [-0.2, -0.15) is 0 Å². The predicted molar refractivity (Wildman–Crippen MR) is 73.3 cm³/mol. The lowest BCUT2D eigenvalue weighted by Gasteiger charge is -2.35. The quantitative estimate of drug-likeness (QED) is 0.882. The Morgan fingerprint density at radius 2 is 2.33 bits per heavy atom. The molecule has 0 saturated carbocycles. The van der Waals surface area contributed by atoms with Crippen molar-refractivity contribution in [2.75, 3.05) is 27.2 Å². The Bertz CT molecular complexity index is 388. The largest absolute Gasteiger partial charge is 0.465 e. The van der Waals surface area contributed by atoms with Crippen LogP contribution < -0.4 is 5.73 Å². The van der Waals surface area contributed by atoms with Crippen molar-refractivity contribution in [3.63, 3.8) is 0 Å². The van der Waals surface area contributed by atoms with Crippen molar-refractivity contribution < 1.29 is 4.42 Å². The van der Waals surface area contributed by atoms with Crippen LogP contribution in [0, 0.1) is 6.92 Å². The molecule has 1 saturated heterocycles. The number of aryl methyl sites for hydroxylation is 1. The maximum Gasteiger partial charge on any atom is 0.118 e. The highest BCUT2D eigenvalue weighted by Gasteiger charge is 2.22. The number of nitrogens with zero attached hydrogens (tertiary/aromatic N) is 2. The molecular formula is C14H25N3O. The summed E-state index contributed by atoms with van der Waals surface area (Å²) in [5.41, 5.74) is 6.80. The third kappa shape index (κ3) is 3.13. The van der Waals surface area contributed by atoms with Crippen LogP contribution in [0.5, 0.6) is 0 Å². The second-order valence-electron chi connectivity index (χ2n) is 5.47. The summed E-state index contributed by atoms with van der Waals surface area (Å²) in [6.45, 7) is 5.80. The van der Waals surface area contributed by atoms with E-state index in [1.807, 2.05) is 6.92 Å². The van der Waals surface area contributed by atoms with Crippen LogP contribution in [-0.2, 0) is 13.1 Å². The molecule has 1 aliphatic heterocycles. The van der Waals surface area contributed by atoms with E-state index < -0.39 is 0 Å². The lowest BCUT2D eigenvalue weighted by Crippen LogP contribution is -2.44. The molecule has 2 rings (SSSR count). The predicted octanol–water partition coefficient (Wildman–Crippen LogP) is 1.57. The van der Waals surface area contributed by atoms with Gasteiger partial charge >= 0.3 is 0 Å². The number of piperidine rings is 1. The third-order valence-electron chi connectivity index (χ3n) is 3.92. The van der Waals surface area contributed by atoms with E-state index in [0.29, 0.717) is 12.6 Å². The lowest BCUT2D eigenvalue weighted by atomic mass is 10.1. The number of hydrogen-bond donors (Lipinski definition) is 1. The van der Waals surface area contributed by atoms with Crippen LogP contribution in [-0.4, -0.2) is 43.0 Å². The first-order chi connectivity index (χ1) is 8.60. The summed E-state index contributed by atoms with van der Waals surface area (Å²) >= 11 is 0. The summed E-state index contributed by atoms with van der Waals surface area (Å²) in [5, 5.41) is 0. The highest BCUT2D eigenvalue weighted by Crippen LogP contribution is 2.19. The van der Waals surface area contributed by atoms with Crippen molar-refractivity contribution in [3.8, 4) is 0 Å². The van der Waals surface area contributed by atoms with Gasteiger partial charge in [0.1, 0.15) is 11.5 Å². The molecule has 1 fully saturated rings. The molecule has 0 aliphatic carbocycles. The summed E-state index contributed by atoms with van der Waals surface area (Å²) in [6, 6.07) is 2.73. The summed E-state index contributed by atoms with van der Waals surface area (Å²) in [6.07, 6.45) is 2.57. The zero-order valence-electron chi connectivity index (χ0n) is 11.8. The van der Waals surface area contributed by atoms with Crippen LogP contribution >= 0.6 is 0 Å². The van der Waals surface area contributed by atoms with Gasteiger partial charge in [0.15, 0.2) is 0 Å². The molecule has 4 nitrogen and oxygen atoms in total. The highest BCUT2D eigenvalue weighted by molar-refractivity contribution is 5.20. The average molecular weight is 251 g/mol. The van der Waals surface area contributed by atoms with Crippen LogP contribution in [0.3, 0.4) is 0 Å². The second-order valence-corrected chi connectivity index (χ2v) is 5.47. The number of nitrogens with two attached hydrogens (primary N) is 1. The third-order valence-corrected chi connectivity index (χ3v) is 3.92. The van der Waals surface area contributed by atoms with Crippen molar-refractivity contribution in [3.05, 3.63) is 23.2 Å². The van der Waals surface area contributed by atoms with Crippen molar-refractivity contribution in [1.82, 2.24) is 9.80 Å². The highest BCUT2D eigenvalue weighted by atomic mass is 16.3. The molecule has 1 unspecified atom stereocenters. The number of likely N-dealkylation sites (tertiary alicyclic amines) is 1. The van der Waals surface area contributed by atoms with Gasteiger partial charge in [-0.25, -0.2) is 0 Å². The van der Waals surface area contributed by atoms with Crippen molar-refractivity contribution in [1.29, 1.82) is 0 Å².